The van der Waals surface area contributed by atoms with Gasteiger partial charge in [-0.05, 0) is 31.1 Å². The number of carbonyl (C=O) groups excluding carboxylic acids is 3. The van der Waals surface area contributed by atoms with Gasteiger partial charge in [0.1, 0.15) is 6.61 Å². The first-order valence-corrected chi connectivity index (χ1v) is 10.7. The second-order valence-corrected chi connectivity index (χ2v) is 9.45. The van der Waals surface area contributed by atoms with Crippen LogP contribution in [-0.2, 0) is 19.1 Å². The average Bonchev–Trinajstić information content (AvgIpc) is 3.10. The van der Waals surface area contributed by atoms with E-state index in [9.17, 15) is 19.5 Å². The standard InChI is InChI=1S/C22H36N2O5/c1-21(2,3)17-14-29-19(27)10-6-4-5-9-16(20(28)23-17)13-18(26)24-22(15-25)11-7-8-12-22/h4-5,16-17,25H,6-15H2,1-3H3,(H,23,28)(H,24,26)/t16-,17-/m1/s1. The van der Waals surface area contributed by atoms with E-state index in [1.807, 2.05) is 32.9 Å². The van der Waals surface area contributed by atoms with Crippen molar-refractivity contribution in [3.8, 4) is 0 Å². The fourth-order valence-electron chi connectivity index (χ4n) is 3.85. The van der Waals surface area contributed by atoms with E-state index in [-0.39, 0.29) is 48.9 Å². The minimum atomic E-state index is -0.545. The molecule has 7 heteroatoms. The molecular formula is C22H36N2O5. The first kappa shape index (κ1) is 23.4. The third kappa shape index (κ3) is 7.14. The number of hydrogen-bond acceptors (Lipinski definition) is 5. The minimum Gasteiger partial charge on any atom is -0.463 e. The fraction of sp³-hybridized carbons (Fsp3) is 0.773. The lowest BCUT2D eigenvalue weighted by atomic mass is 9.86. The molecule has 2 amide bonds. The molecule has 0 spiro atoms. The van der Waals surface area contributed by atoms with E-state index in [1.54, 1.807) is 0 Å². The smallest absolute Gasteiger partial charge is 0.306 e. The molecule has 0 aromatic heterocycles. The van der Waals surface area contributed by atoms with E-state index in [0.29, 0.717) is 19.3 Å². The second-order valence-electron chi connectivity index (χ2n) is 9.45. The largest absolute Gasteiger partial charge is 0.463 e. The first-order valence-electron chi connectivity index (χ1n) is 10.7. The molecule has 1 saturated carbocycles. The summed E-state index contributed by atoms with van der Waals surface area (Å²) in [5.41, 5.74) is -0.843. The molecule has 0 radical (unpaired) electrons. The lowest BCUT2D eigenvalue weighted by molar-refractivity contribution is -0.146. The number of ether oxygens (including phenoxy) is 1. The highest BCUT2D eigenvalue weighted by molar-refractivity contribution is 5.86. The van der Waals surface area contributed by atoms with E-state index in [2.05, 4.69) is 10.6 Å². The number of aliphatic hydroxyl groups excluding tert-OH is 1. The Bertz CT molecular complexity index is 617. The molecule has 0 bridgehead atoms. The van der Waals surface area contributed by atoms with Crippen LogP contribution in [0.1, 0.15) is 72.1 Å². The number of aliphatic hydroxyl groups is 1. The van der Waals surface area contributed by atoms with Crippen LogP contribution in [0.3, 0.4) is 0 Å². The van der Waals surface area contributed by atoms with Crippen LogP contribution in [-0.4, -0.2) is 47.7 Å². The lowest BCUT2D eigenvalue weighted by Crippen LogP contribution is -2.52. The van der Waals surface area contributed by atoms with Crippen LogP contribution in [0.15, 0.2) is 12.2 Å². The van der Waals surface area contributed by atoms with Gasteiger partial charge in [-0.15, -0.1) is 0 Å². The van der Waals surface area contributed by atoms with Gasteiger partial charge in [0.25, 0.3) is 0 Å². The Kier molecular flexibility index (Phi) is 8.25. The summed E-state index contributed by atoms with van der Waals surface area (Å²) >= 11 is 0. The van der Waals surface area contributed by atoms with Crippen molar-refractivity contribution in [1.29, 1.82) is 0 Å². The van der Waals surface area contributed by atoms with E-state index in [4.69, 9.17) is 4.74 Å². The monoisotopic (exact) mass is 408 g/mol. The van der Waals surface area contributed by atoms with Crippen LogP contribution in [0.25, 0.3) is 0 Å². The molecule has 7 nitrogen and oxygen atoms in total. The maximum atomic E-state index is 13.0. The molecular weight excluding hydrogens is 372 g/mol. The number of hydrogen-bond donors (Lipinski definition) is 3. The maximum absolute atomic E-state index is 13.0. The van der Waals surface area contributed by atoms with E-state index in [1.165, 1.54) is 0 Å². The lowest BCUT2D eigenvalue weighted by Gasteiger charge is -2.33. The molecule has 2 aliphatic rings. The minimum absolute atomic E-state index is 0.0641. The van der Waals surface area contributed by atoms with E-state index >= 15 is 0 Å². The number of rotatable bonds is 4. The number of esters is 1. The molecule has 3 N–H and O–H groups in total. The van der Waals surface area contributed by atoms with Crippen LogP contribution in [0.2, 0.25) is 0 Å². The Morgan fingerprint density at radius 1 is 1.28 bits per heavy atom. The van der Waals surface area contributed by atoms with Gasteiger partial charge in [-0.2, -0.15) is 0 Å². The zero-order valence-electron chi connectivity index (χ0n) is 18.0. The van der Waals surface area contributed by atoms with Crippen LogP contribution >= 0.6 is 0 Å². The summed E-state index contributed by atoms with van der Waals surface area (Å²) in [7, 11) is 0. The van der Waals surface area contributed by atoms with Crippen molar-refractivity contribution in [2.24, 2.45) is 11.3 Å². The highest BCUT2D eigenvalue weighted by atomic mass is 16.5. The van der Waals surface area contributed by atoms with Crippen molar-refractivity contribution < 1.29 is 24.2 Å². The topological polar surface area (TPSA) is 105 Å². The summed E-state index contributed by atoms with van der Waals surface area (Å²) in [6.07, 6.45) is 8.56. The quantitative estimate of drug-likeness (QED) is 0.489. The maximum Gasteiger partial charge on any atom is 0.306 e. The Balaban J connectivity index is 2.10. The Morgan fingerprint density at radius 3 is 2.59 bits per heavy atom. The van der Waals surface area contributed by atoms with Crippen molar-refractivity contribution in [2.45, 2.75) is 83.7 Å². The number of allylic oxidation sites excluding steroid dienone is 2. The van der Waals surface area contributed by atoms with Gasteiger partial charge in [0, 0.05) is 12.8 Å². The predicted octanol–water partition coefficient (Wildman–Crippen LogP) is 2.23. The molecule has 2 atom stereocenters. The van der Waals surface area contributed by atoms with Crippen molar-refractivity contribution in [3.63, 3.8) is 0 Å². The fourth-order valence-corrected chi connectivity index (χ4v) is 3.85. The molecule has 1 aliphatic carbocycles. The molecule has 0 unspecified atom stereocenters. The molecule has 0 aromatic carbocycles. The van der Waals surface area contributed by atoms with Gasteiger partial charge in [-0.1, -0.05) is 45.8 Å². The third-order valence-corrected chi connectivity index (χ3v) is 5.95. The van der Waals surface area contributed by atoms with Gasteiger partial charge >= 0.3 is 5.97 Å². The SMILES string of the molecule is CC(C)(C)[C@H]1COC(=O)CCC=CC[C@H](CC(=O)NC2(CO)CCCC2)C(=O)N1. The molecule has 1 heterocycles. The Hall–Kier alpha value is -1.89. The van der Waals surface area contributed by atoms with Crippen molar-refractivity contribution in [3.05, 3.63) is 12.2 Å². The molecule has 29 heavy (non-hydrogen) atoms. The first-order chi connectivity index (χ1) is 13.6. The number of nitrogens with one attached hydrogen (secondary N) is 2. The van der Waals surface area contributed by atoms with Crippen LogP contribution < -0.4 is 10.6 Å². The summed E-state index contributed by atoms with van der Waals surface area (Å²) < 4.78 is 5.34. The van der Waals surface area contributed by atoms with Gasteiger partial charge in [-0.25, -0.2) is 0 Å². The Morgan fingerprint density at radius 2 is 1.97 bits per heavy atom. The summed E-state index contributed by atoms with van der Waals surface area (Å²) in [5.74, 6) is -1.21. The van der Waals surface area contributed by atoms with Gasteiger partial charge in [0.05, 0.1) is 24.1 Å². The molecule has 0 aromatic rings. The zero-order valence-corrected chi connectivity index (χ0v) is 18.0. The van der Waals surface area contributed by atoms with Gasteiger partial charge in [0.15, 0.2) is 0 Å². The molecule has 2 rings (SSSR count). The van der Waals surface area contributed by atoms with Crippen molar-refractivity contribution in [2.75, 3.05) is 13.2 Å². The van der Waals surface area contributed by atoms with Crippen molar-refractivity contribution in [1.82, 2.24) is 10.6 Å². The summed E-state index contributed by atoms with van der Waals surface area (Å²) in [5, 5.41) is 15.7. The molecule has 164 valence electrons. The number of amides is 2. The molecule has 1 aliphatic heterocycles. The van der Waals surface area contributed by atoms with Crippen LogP contribution in [0, 0.1) is 11.3 Å². The van der Waals surface area contributed by atoms with Gasteiger partial charge < -0.3 is 20.5 Å². The van der Waals surface area contributed by atoms with Gasteiger partial charge in [-0.3, -0.25) is 14.4 Å². The Labute approximate surface area is 173 Å². The van der Waals surface area contributed by atoms with Crippen molar-refractivity contribution >= 4 is 17.8 Å². The summed E-state index contributed by atoms with van der Waals surface area (Å²) in [6, 6.07) is -0.341. The molecule has 0 saturated heterocycles. The normalized spacial score (nSPS) is 26.1. The van der Waals surface area contributed by atoms with Crippen LogP contribution in [0.4, 0.5) is 0 Å². The average molecular weight is 409 g/mol. The highest BCUT2D eigenvalue weighted by Crippen LogP contribution is 2.29. The number of cyclic esters (lactones) is 1. The zero-order chi connectivity index (χ0) is 21.5. The summed E-state index contributed by atoms with van der Waals surface area (Å²) in [6.45, 7) is 5.97. The van der Waals surface area contributed by atoms with E-state index in [0.717, 1.165) is 25.7 Å². The van der Waals surface area contributed by atoms with Gasteiger partial charge in [0.2, 0.25) is 11.8 Å². The number of carbonyl (C=O) groups is 3. The summed E-state index contributed by atoms with van der Waals surface area (Å²) in [4.78, 5) is 37.5. The molecule has 1 fully saturated rings. The van der Waals surface area contributed by atoms with E-state index < -0.39 is 11.5 Å². The van der Waals surface area contributed by atoms with Crippen LogP contribution in [0.5, 0.6) is 0 Å². The second kappa shape index (κ2) is 10.2. The predicted molar refractivity (Wildman–Crippen MR) is 110 cm³/mol. The highest BCUT2D eigenvalue weighted by Gasteiger charge is 2.36. The third-order valence-electron chi connectivity index (χ3n) is 5.95.